The van der Waals surface area contributed by atoms with Gasteiger partial charge >= 0.3 is 0 Å². The molecule has 0 aromatic heterocycles. The Morgan fingerprint density at radius 1 is 0.593 bits per heavy atom. The molecule has 0 radical (unpaired) electrons. The molecule has 3 rings (SSSR count). The van der Waals surface area contributed by atoms with E-state index in [2.05, 4.69) is 27.7 Å². The van der Waals surface area contributed by atoms with E-state index in [0.29, 0.717) is 26.2 Å². The van der Waals surface area contributed by atoms with E-state index in [9.17, 15) is 0 Å². The lowest BCUT2D eigenvalue weighted by Crippen LogP contribution is -2.54. The Morgan fingerprint density at radius 3 is 1.04 bits per heavy atom. The summed E-state index contributed by atoms with van der Waals surface area (Å²) in [5.41, 5.74) is 0.283. The second-order valence-electron chi connectivity index (χ2n) is 8.94. The van der Waals surface area contributed by atoms with Crippen LogP contribution in [0.15, 0.2) is 0 Å². The molecule has 0 bridgehead atoms. The van der Waals surface area contributed by atoms with Crippen molar-refractivity contribution >= 4 is 0 Å². The zero-order chi connectivity index (χ0) is 19.4. The average molecular weight is 387 g/mol. The van der Waals surface area contributed by atoms with E-state index in [1.807, 2.05) is 0 Å². The third-order valence-corrected chi connectivity index (χ3v) is 6.93. The first-order valence-corrected chi connectivity index (χ1v) is 10.6. The smallest absolute Gasteiger partial charge is 0.282 e. The fraction of sp³-hybridized carbons (Fsp3) is 1.00. The Hall–Kier alpha value is -0.240. The minimum absolute atomic E-state index is 0.0944. The van der Waals surface area contributed by atoms with E-state index in [1.54, 1.807) is 0 Å². The van der Waals surface area contributed by atoms with Crippen molar-refractivity contribution < 1.29 is 28.4 Å². The monoisotopic (exact) mass is 386 g/mol. The van der Waals surface area contributed by atoms with Crippen LogP contribution in [-0.4, -0.2) is 65.4 Å². The molecule has 0 atom stereocenters. The van der Waals surface area contributed by atoms with E-state index < -0.39 is 5.97 Å². The van der Waals surface area contributed by atoms with Crippen LogP contribution in [0.2, 0.25) is 0 Å². The van der Waals surface area contributed by atoms with Crippen molar-refractivity contribution in [1.29, 1.82) is 0 Å². The van der Waals surface area contributed by atoms with Crippen molar-refractivity contribution in [2.45, 2.75) is 59.4 Å². The highest BCUT2D eigenvalue weighted by Crippen LogP contribution is 2.39. The maximum Gasteiger partial charge on any atom is 0.282 e. The maximum atomic E-state index is 6.39. The molecule has 0 amide bonds. The topological polar surface area (TPSA) is 55.4 Å². The lowest BCUT2D eigenvalue weighted by Gasteiger charge is -2.47. The van der Waals surface area contributed by atoms with E-state index in [4.69, 9.17) is 28.4 Å². The van der Waals surface area contributed by atoms with Gasteiger partial charge in [-0.15, -0.1) is 0 Å². The van der Waals surface area contributed by atoms with Crippen LogP contribution in [0.1, 0.15) is 53.4 Å². The highest BCUT2D eigenvalue weighted by Gasteiger charge is 2.46. The summed E-state index contributed by atoms with van der Waals surface area (Å²) in [7, 11) is 0. The van der Waals surface area contributed by atoms with Crippen LogP contribution >= 0.6 is 0 Å². The second-order valence-corrected chi connectivity index (χ2v) is 8.94. The zero-order valence-corrected chi connectivity index (χ0v) is 17.6. The van der Waals surface area contributed by atoms with Crippen molar-refractivity contribution in [3.8, 4) is 0 Å². The minimum Gasteiger partial charge on any atom is -0.380 e. The van der Waals surface area contributed by atoms with Crippen LogP contribution in [0, 0.1) is 16.2 Å². The van der Waals surface area contributed by atoms with Crippen LogP contribution in [-0.2, 0) is 28.4 Å². The first-order chi connectivity index (χ1) is 13.0. The van der Waals surface area contributed by atoms with Gasteiger partial charge in [-0.2, -0.15) is 0 Å². The lowest BCUT2D eigenvalue weighted by molar-refractivity contribution is -0.412. The Balaban J connectivity index is 1.64. The summed E-state index contributed by atoms with van der Waals surface area (Å²) in [6.07, 6.45) is 3.75. The summed E-state index contributed by atoms with van der Waals surface area (Å²) in [4.78, 5) is 0. The third-order valence-electron chi connectivity index (χ3n) is 6.93. The predicted molar refractivity (Wildman–Crippen MR) is 102 cm³/mol. The summed E-state index contributed by atoms with van der Waals surface area (Å²) in [6.45, 7) is 15.0. The highest BCUT2D eigenvalue weighted by molar-refractivity contribution is 4.88. The molecule has 27 heavy (non-hydrogen) atoms. The van der Waals surface area contributed by atoms with E-state index in [-0.39, 0.29) is 16.2 Å². The number of ether oxygens (including phenoxy) is 6. The van der Waals surface area contributed by atoms with Gasteiger partial charge in [0.25, 0.3) is 5.97 Å². The molecular formula is C21H38O6. The van der Waals surface area contributed by atoms with Crippen LogP contribution in [0.3, 0.4) is 0 Å². The molecule has 3 saturated heterocycles. The zero-order valence-electron chi connectivity index (χ0n) is 17.6. The van der Waals surface area contributed by atoms with Crippen molar-refractivity contribution in [2.75, 3.05) is 59.5 Å². The SMILES string of the molecule is CCC1(COC(CC)(OCC2(CC)COC2)OCC2(CC)COC2)COC1. The third kappa shape index (κ3) is 4.51. The van der Waals surface area contributed by atoms with Crippen LogP contribution < -0.4 is 0 Å². The lowest BCUT2D eigenvalue weighted by atomic mass is 9.84. The van der Waals surface area contributed by atoms with Gasteiger partial charge in [0, 0.05) is 22.7 Å². The summed E-state index contributed by atoms with van der Waals surface area (Å²) < 4.78 is 35.5. The normalized spacial score (nSPS) is 25.3. The van der Waals surface area contributed by atoms with Crippen molar-refractivity contribution in [3.05, 3.63) is 0 Å². The molecule has 0 aromatic carbocycles. The number of hydrogen-bond donors (Lipinski definition) is 0. The molecule has 3 aliphatic heterocycles. The maximum absolute atomic E-state index is 6.39. The van der Waals surface area contributed by atoms with Crippen molar-refractivity contribution in [3.63, 3.8) is 0 Å². The standard InChI is InChI=1S/C21H38O6/c1-5-18(9-22-10-18)15-25-21(8-4,26-16-19(6-2)11-23-12-19)27-17-20(7-3)13-24-14-20/h5-17H2,1-4H3. The second kappa shape index (κ2) is 8.64. The molecule has 0 saturated carbocycles. The molecule has 6 heteroatoms. The molecule has 3 heterocycles. The molecule has 0 spiro atoms. The van der Waals surface area contributed by atoms with Crippen LogP contribution in [0.5, 0.6) is 0 Å². The first-order valence-electron chi connectivity index (χ1n) is 10.6. The summed E-state index contributed by atoms with van der Waals surface area (Å²) in [5, 5.41) is 0. The van der Waals surface area contributed by atoms with E-state index in [1.165, 1.54) is 0 Å². The average Bonchev–Trinajstić information content (AvgIpc) is 2.59. The predicted octanol–water partition coefficient (Wildman–Crippen LogP) is 3.38. The van der Waals surface area contributed by atoms with Gasteiger partial charge in [-0.05, 0) is 19.3 Å². The van der Waals surface area contributed by atoms with Gasteiger partial charge in [0.05, 0.1) is 59.5 Å². The molecule has 0 aliphatic carbocycles. The van der Waals surface area contributed by atoms with Crippen molar-refractivity contribution in [2.24, 2.45) is 16.2 Å². The molecule has 0 N–H and O–H groups in total. The molecule has 0 unspecified atom stereocenters. The minimum atomic E-state index is -1.01. The molecule has 3 aliphatic rings. The Morgan fingerprint density at radius 2 is 0.889 bits per heavy atom. The molecular weight excluding hydrogens is 348 g/mol. The van der Waals surface area contributed by atoms with Gasteiger partial charge in [0.15, 0.2) is 0 Å². The van der Waals surface area contributed by atoms with Gasteiger partial charge in [0.1, 0.15) is 0 Å². The largest absolute Gasteiger partial charge is 0.380 e. The van der Waals surface area contributed by atoms with Gasteiger partial charge < -0.3 is 28.4 Å². The van der Waals surface area contributed by atoms with Gasteiger partial charge in [0.2, 0.25) is 0 Å². The highest BCUT2D eigenvalue weighted by atomic mass is 16.9. The fourth-order valence-electron chi connectivity index (χ4n) is 3.56. The van der Waals surface area contributed by atoms with E-state index in [0.717, 1.165) is 58.9 Å². The quantitative estimate of drug-likeness (QED) is 0.452. The van der Waals surface area contributed by atoms with Gasteiger partial charge in [-0.1, -0.05) is 27.7 Å². The molecule has 3 fully saturated rings. The first kappa shape index (κ1) is 21.5. The summed E-state index contributed by atoms with van der Waals surface area (Å²) in [5.74, 6) is -1.01. The summed E-state index contributed by atoms with van der Waals surface area (Å²) in [6, 6.07) is 0. The summed E-state index contributed by atoms with van der Waals surface area (Å²) >= 11 is 0. The van der Waals surface area contributed by atoms with Crippen LogP contribution in [0.25, 0.3) is 0 Å². The number of rotatable bonds is 13. The van der Waals surface area contributed by atoms with Gasteiger partial charge in [-0.3, -0.25) is 0 Å². The molecule has 6 nitrogen and oxygen atoms in total. The van der Waals surface area contributed by atoms with Crippen molar-refractivity contribution in [1.82, 2.24) is 0 Å². The molecule has 0 aromatic rings. The fourth-order valence-corrected chi connectivity index (χ4v) is 3.56. The Labute approximate surface area is 164 Å². The Bertz CT molecular complexity index is 386. The Kier molecular flexibility index (Phi) is 6.87. The van der Waals surface area contributed by atoms with E-state index >= 15 is 0 Å². The number of hydrogen-bond acceptors (Lipinski definition) is 6. The molecule has 158 valence electrons. The van der Waals surface area contributed by atoms with Crippen LogP contribution in [0.4, 0.5) is 0 Å². The van der Waals surface area contributed by atoms with Gasteiger partial charge in [-0.25, -0.2) is 0 Å².